The van der Waals surface area contributed by atoms with Crippen molar-refractivity contribution in [2.75, 3.05) is 23.7 Å². The number of nitrogens with two attached hydrogens (primary N) is 1. The number of hydrogen-bond donors (Lipinski definition) is 1. The molecule has 1 fully saturated rings. The first kappa shape index (κ1) is 13.3. The summed E-state index contributed by atoms with van der Waals surface area (Å²) in [5.74, 6) is 0.963. The Bertz CT molecular complexity index is 356. The minimum Gasteiger partial charge on any atom is -0.399 e. The van der Waals surface area contributed by atoms with Gasteiger partial charge >= 0.3 is 0 Å². The maximum Gasteiger partial charge on any atom is 0.0386 e. The summed E-state index contributed by atoms with van der Waals surface area (Å²) in [6.45, 7) is 4.56. The average molecular weight is 246 g/mol. The van der Waals surface area contributed by atoms with Gasteiger partial charge in [-0.05, 0) is 37.0 Å². The first-order valence-electron chi connectivity index (χ1n) is 7.40. The third-order valence-corrected chi connectivity index (χ3v) is 4.01. The van der Waals surface area contributed by atoms with Gasteiger partial charge in [0.15, 0.2) is 0 Å². The van der Waals surface area contributed by atoms with Crippen LogP contribution in [0, 0.1) is 5.92 Å². The van der Waals surface area contributed by atoms with E-state index in [1.54, 1.807) is 0 Å². The number of benzene rings is 1. The van der Waals surface area contributed by atoms with Crippen molar-refractivity contribution in [1.29, 1.82) is 0 Å². The molecule has 0 heterocycles. The van der Waals surface area contributed by atoms with Gasteiger partial charge in [-0.2, -0.15) is 0 Å². The van der Waals surface area contributed by atoms with Crippen LogP contribution < -0.4 is 10.6 Å². The van der Waals surface area contributed by atoms with Gasteiger partial charge in [0.05, 0.1) is 0 Å². The number of rotatable bonds is 6. The highest BCUT2D eigenvalue weighted by Crippen LogP contribution is 2.28. The molecule has 1 aliphatic rings. The molecule has 0 aliphatic heterocycles. The Morgan fingerprint density at radius 2 is 2.00 bits per heavy atom. The van der Waals surface area contributed by atoms with Crippen LogP contribution in [-0.4, -0.2) is 13.1 Å². The van der Waals surface area contributed by atoms with Crippen LogP contribution in [0.5, 0.6) is 0 Å². The quantitative estimate of drug-likeness (QED) is 0.767. The van der Waals surface area contributed by atoms with Gasteiger partial charge in [-0.3, -0.25) is 0 Å². The Balaban J connectivity index is 1.94. The highest BCUT2D eigenvalue weighted by Gasteiger charge is 2.16. The van der Waals surface area contributed by atoms with Crippen molar-refractivity contribution in [1.82, 2.24) is 0 Å². The predicted molar refractivity (Wildman–Crippen MR) is 79.9 cm³/mol. The standard InChI is InChI=1S/C16H26N2/c1-2-11-18(12-10-14-6-3-4-7-14)16-9-5-8-15(17)13-16/h5,8-9,13-14H,2-4,6-7,10-12,17H2,1H3. The SMILES string of the molecule is CCCN(CCC1CCCC1)c1cccc(N)c1. The lowest BCUT2D eigenvalue weighted by molar-refractivity contribution is 0.498. The zero-order chi connectivity index (χ0) is 12.8. The average Bonchev–Trinajstić information content (AvgIpc) is 2.87. The van der Waals surface area contributed by atoms with Gasteiger partial charge in [0.25, 0.3) is 0 Å². The van der Waals surface area contributed by atoms with E-state index in [9.17, 15) is 0 Å². The Labute approximate surface area is 111 Å². The van der Waals surface area contributed by atoms with E-state index in [1.165, 1.54) is 50.8 Å². The molecule has 2 rings (SSSR count). The summed E-state index contributed by atoms with van der Waals surface area (Å²) >= 11 is 0. The number of hydrogen-bond acceptors (Lipinski definition) is 2. The molecule has 1 aliphatic carbocycles. The normalized spacial score (nSPS) is 16.1. The molecule has 0 saturated heterocycles. The molecule has 0 unspecified atom stereocenters. The van der Waals surface area contributed by atoms with Crippen LogP contribution in [0.2, 0.25) is 0 Å². The van der Waals surface area contributed by atoms with Crippen molar-refractivity contribution in [3.63, 3.8) is 0 Å². The van der Waals surface area contributed by atoms with Crippen molar-refractivity contribution in [2.24, 2.45) is 5.92 Å². The molecule has 0 spiro atoms. The van der Waals surface area contributed by atoms with Gasteiger partial charge in [0.2, 0.25) is 0 Å². The molecule has 1 saturated carbocycles. The molecule has 2 N–H and O–H groups in total. The summed E-state index contributed by atoms with van der Waals surface area (Å²) in [5, 5.41) is 0. The van der Waals surface area contributed by atoms with Crippen molar-refractivity contribution in [2.45, 2.75) is 45.4 Å². The monoisotopic (exact) mass is 246 g/mol. The molecule has 0 atom stereocenters. The molecule has 0 radical (unpaired) electrons. The smallest absolute Gasteiger partial charge is 0.0386 e. The van der Waals surface area contributed by atoms with Gasteiger partial charge in [-0.1, -0.05) is 38.7 Å². The maximum atomic E-state index is 5.88. The zero-order valence-corrected chi connectivity index (χ0v) is 11.6. The summed E-state index contributed by atoms with van der Waals surface area (Å²) in [6, 6.07) is 8.30. The van der Waals surface area contributed by atoms with Crippen molar-refractivity contribution >= 4 is 11.4 Å². The van der Waals surface area contributed by atoms with Crippen LogP contribution in [-0.2, 0) is 0 Å². The minimum atomic E-state index is 0.870. The van der Waals surface area contributed by atoms with E-state index in [0.29, 0.717) is 0 Å². The fourth-order valence-corrected chi connectivity index (χ4v) is 3.00. The molecule has 2 heteroatoms. The maximum absolute atomic E-state index is 5.88. The van der Waals surface area contributed by atoms with E-state index in [-0.39, 0.29) is 0 Å². The topological polar surface area (TPSA) is 29.3 Å². The molecule has 18 heavy (non-hydrogen) atoms. The van der Waals surface area contributed by atoms with Crippen LogP contribution in [0.4, 0.5) is 11.4 Å². The second-order valence-electron chi connectivity index (χ2n) is 5.52. The Morgan fingerprint density at radius 3 is 2.67 bits per heavy atom. The Morgan fingerprint density at radius 1 is 1.22 bits per heavy atom. The number of nitrogen functional groups attached to an aromatic ring is 1. The highest BCUT2D eigenvalue weighted by atomic mass is 15.1. The van der Waals surface area contributed by atoms with Gasteiger partial charge in [0.1, 0.15) is 0 Å². The van der Waals surface area contributed by atoms with Crippen LogP contribution in [0.15, 0.2) is 24.3 Å². The second kappa shape index (κ2) is 6.67. The summed E-state index contributed by atoms with van der Waals surface area (Å²) in [4.78, 5) is 2.49. The van der Waals surface area contributed by atoms with Crippen molar-refractivity contribution < 1.29 is 0 Å². The van der Waals surface area contributed by atoms with Gasteiger partial charge in [-0.25, -0.2) is 0 Å². The first-order valence-corrected chi connectivity index (χ1v) is 7.40. The largest absolute Gasteiger partial charge is 0.399 e. The lowest BCUT2D eigenvalue weighted by Crippen LogP contribution is -2.26. The van der Waals surface area contributed by atoms with Crippen LogP contribution >= 0.6 is 0 Å². The lowest BCUT2D eigenvalue weighted by atomic mass is 10.0. The third-order valence-electron chi connectivity index (χ3n) is 4.01. The summed E-state index contributed by atoms with van der Waals surface area (Å²) < 4.78 is 0. The Kier molecular flexibility index (Phi) is 4.91. The van der Waals surface area contributed by atoms with E-state index < -0.39 is 0 Å². The molecule has 100 valence electrons. The van der Waals surface area contributed by atoms with Crippen LogP contribution in [0.25, 0.3) is 0 Å². The van der Waals surface area contributed by atoms with Crippen molar-refractivity contribution in [3.05, 3.63) is 24.3 Å². The number of nitrogens with zero attached hydrogens (tertiary/aromatic N) is 1. The van der Waals surface area contributed by atoms with E-state index in [0.717, 1.165) is 18.2 Å². The predicted octanol–water partition coefficient (Wildman–Crippen LogP) is 4.07. The third kappa shape index (κ3) is 3.66. The molecule has 1 aromatic rings. The molecule has 1 aromatic carbocycles. The molecule has 0 amide bonds. The first-order chi connectivity index (χ1) is 8.79. The highest BCUT2D eigenvalue weighted by molar-refractivity contribution is 5.55. The van der Waals surface area contributed by atoms with Crippen LogP contribution in [0.1, 0.15) is 45.4 Å². The Hall–Kier alpha value is -1.18. The molecule has 0 aromatic heterocycles. The van der Waals surface area contributed by atoms with Gasteiger partial charge < -0.3 is 10.6 Å². The van der Waals surface area contributed by atoms with E-state index in [4.69, 9.17) is 5.73 Å². The molecule has 2 nitrogen and oxygen atoms in total. The summed E-state index contributed by atoms with van der Waals surface area (Å²) in [7, 11) is 0. The molecule has 0 bridgehead atoms. The minimum absolute atomic E-state index is 0.870. The van der Waals surface area contributed by atoms with E-state index >= 15 is 0 Å². The fraction of sp³-hybridized carbons (Fsp3) is 0.625. The zero-order valence-electron chi connectivity index (χ0n) is 11.6. The lowest BCUT2D eigenvalue weighted by Gasteiger charge is -2.26. The molecular formula is C16H26N2. The van der Waals surface area contributed by atoms with Crippen LogP contribution in [0.3, 0.4) is 0 Å². The van der Waals surface area contributed by atoms with E-state index in [2.05, 4.69) is 30.0 Å². The van der Waals surface area contributed by atoms with E-state index in [1.807, 2.05) is 6.07 Å². The van der Waals surface area contributed by atoms with Gasteiger partial charge in [0, 0.05) is 24.5 Å². The summed E-state index contributed by atoms with van der Waals surface area (Å²) in [5.41, 5.74) is 8.04. The van der Waals surface area contributed by atoms with Gasteiger partial charge in [-0.15, -0.1) is 0 Å². The summed E-state index contributed by atoms with van der Waals surface area (Å²) in [6.07, 6.45) is 8.30. The van der Waals surface area contributed by atoms with Crippen molar-refractivity contribution in [3.8, 4) is 0 Å². The molecular weight excluding hydrogens is 220 g/mol. The second-order valence-corrected chi connectivity index (χ2v) is 5.52. The fourth-order valence-electron chi connectivity index (χ4n) is 3.00. The number of anilines is 2.